The topological polar surface area (TPSA) is 41.1 Å². The molecule has 1 aromatic carbocycles. The summed E-state index contributed by atoms with van der Waals surface area (Å²) in [7, 11) is 0. The monoisotopic (exact) mass is 394 g/mol. The molecule has 3 aliphatic rings. The Morgan fingerprint density at radius 1 is 0.897 bits per heavy atom. The molecule has 0 N–H and O–H groups in total. The van der Waals surface area contributed by atoms with E-state index in [-0.39, 0.29) is 0 Å². The molecule has 4 heterocycles. The van der Waals surface area contributed by atoms with E-state index in [1.165, 1.54) is 37.2 Å². The lowest BCUT2D eigenvalue weighted by Crippen LogP contribution is -2.54. The van der Waals surface area contributed by atoms with Crippen LogP contribution in [0.15, 0.2) is 42.6 Å². The molecule has 0 radical (unpaired) electrons. The van der Waals surface area contributed by atoms with Crippen molar-refractivity contribution in [2.24, 2.45) is 0 Å². The SMILES string of the molecule is c1ccc(CN2CCC[C@H](N3CCN(Cc4ccc5c(c4)OCO5)CC3)C2)nc1. The van der Waals surface area contributed by atoms with E-state index in [1.807, 2.05) is 18.3 Å². The maximum Gasteiger partial charge on any atom is 0.231 e. The van der Waals surface area contributed by atoms with Crippen LogP contribution in [0.3, 0.4) is 0 Å². The molecule has 154 valence electrons. The number of nitrogens with zero attached hydrogens (tertiary/aromatic N) is 4. The lowest BCUT2D eigenvalue weighted by atomic mass is 10.0. The van der Waals surface area contributed by atoms with Crippen LogP contribution in [0.4, 0.5) is 0 Å². The number of ether oxygens (including phenoxy) is 2. The first-order valence-corrected chi connectivity index (χ1v) is 10.8. The summed E-state index contributed by atoms with van der Waals surface area (Å²) >= 11 is 0. The summed E-state index contributed by atoms with van der Waals surface area (Å²) in [6.07, 6.45) is 4.51. The zero-order chi connectivity index (χ0) is 19.5. The van der Waals surface area contributed by atoms with Crippen LogP contribution >= 0.6 is 0 Å². The number of pyridine rings is 1. The number of hydrogen-bond acceptors (Lipinski definition) is 6. The first-order chi connectivity index (χ1) is 14.3. The fourth-order valence-corrected chi connectivity index (χ4v) is 4.78. The van der Waals surface area contributed by atoms with E-state index < -0.39 is 0 Å². The third-order valence-electron chi connectivity index (χ3n) is 6.36. The van der Waals surface area contributed by atoms with Crippen LogP contribution in [0.1, 0.15) is 24.1 Å². The first-order valence-electron chi connectivity index (χ1n) is 10.8. The molecule has 3 aliphatic heterocycles. The van der Waals surface area contributed by atoms with E-state index in [1.54, 1.807) is 0 Å². The highest BCUT2D eigenvalue weighted by Gasteiger charge is 2.28. The highest BCUT2D eigenvalue weighted by molar-refractivity contribution is 5.44. The summed E-state index contributed by atoms with van der Waals surface area (Å²) in [6, 6.07) is 13.2. The van der Waals surface area contributed by atoms with Gasteiger partial charge < -0.3 is 9.47 Å². The van der Waals surface area contributed by atoms with Gasteiger partial charge in [-0.25, -0.2) is 0 Å². The first kappa shape index (κ1) is 18.9. The van der Waals surface area contributed by atoms with Crippen molar-refractivity contribution in [3.63, 3.8) is 0 Å². The predicted octanol–water partition coefficient (Wildman–Crippen LogP) is 2.59. The third kappa shape index (κ3) is 4.55. The molecule has 0 amide bonds. The van der Waals surface area contributed by atoms with Crippen molar-refractivity contribution in [1.29, 1.82) is 0 Å². The Labute approximate surface area is 173 Å². The summed E-state index contributed by atoms with van der Waals surface area (Å²) in [5.74, 6) is 1.75. The standard InChI is InChI=1S/C23H30N4O2/c1-2-8-24-20(4-1)16-26-9-3-5-21(17-26)27-12-10-25(11-13-27)15-19-6-7-22-23(14-19)29-18-28-22/h1-2,4,6-8,14,21H,3,5,9-13,15-18H2/t21-/m0/s1. The Bertz CT molecular complexity index is 808. The Morgan fingerprint density at radius 3 is 2.66 bits per heavy atom. The predicted molar refractivity (Wildman–Crippen MR) is 112 cm³/mol. The van der Waals surface area contributed by atoms with Crippen LogP contribution in [0, 0.1) is 0 Å². The summed E-state index contributed by atoms with van der Waals surface area (Å²) in [6.45, 7) is 9.24. The van der Waals surface area contributed by atoms with Crippen LogP contribution < -0.4 is 9.47 Å². The summed E-state index contributed by atoms with van der Waals surface area (Å²) in [5.41, 5.74) is 2.49. The van der Waals surface area contributed by atoms with E-state index in [4.69, 9.17) is 9.47 Å². The van der Waals surface area contributed by atoms with Gasteiger partial charge in [0.1, 0.15) is 0 Å². The van der Waals surface area contributed by atoms with Crippen molar-refractivity contribution in [3.05, 3.63) is 53.9 Å². The molecular formula is C23H30N4O2. The van der Waals surface area contributed by atoms with Crippen molar-refractivity contribution in [3.8, 4) is 11.5 Å². The smallest absolute Gasteiger partial charge is 0.231 e. The lowest BCUT2D eigenvalue weighted by Gasteiger charge is -2.43. The van der Waals surface area contributed by atoms with Crippen molar-refractivity contribution >= 4 is 0 Å². The number of piperidine rings is 1. The van der Waals surface area contributed by atoms with E-state index >= 15 is 0 Å². The van der Waals surface area contributed by atoms with Gasteiger partial charge in [-0.1, -0.05) is 12.1 Å². The average molecular weight is 395 g/mol. The van der Waals surface area contributed by atoms with Gasteiger partial charge in [-0.2, -0.15) is 0 Å². The molecular weight excluding hydrogens is 364 g/mol. The van der Waals surface area contributed by atoms with E-state index in [0.29, 0.717) is 12.8 Å². The van der Waals surface area contributed by atoms with E-state index in [9.17, 15) is 0 Å². The average Bonchev–Trinajstić information content (AvgIpc) is 3.23. The molecule has 0 unspecified atom stereocenters. The summed E-state index contributed by atoms with van der Waals surface area (Å²) in [5, 5.41) is 0. The molecule has 0 spiro atoms. The highest BCUT2D eigenvalue weighted by Crippen LogP contribution is 2.33. The van der Waals surface area contributed by atoms with Crippen molar-refractivity contribution in [2.75, 3.05) is 46.1 Å². The van der Waals surface area contributed by atoms with Gasteiger partial charge in [-0.05, 0) is 49.2 Å². The van der Waals surface area contributed by atoms with Crippen LogP contribution in [-0.4, -0.2) is 71.8 Å². The van der Waals surface area contributed by atoms with Crippen molar-refractivity contribution in [2.45, 2.75) is 32.0 Å². The molecule has 6 nitrogen and oxygen atoms in total. The van der Waals surface area contributed by atoms with Gasteiger partial charge in [0.25, 0.3) is 0 Å². The molecule has 29 heavy (non-hydrogen) atoms. The van der Waals surface area contributed by atoms with Crippen molar-refractivity contribution < 1.29 is 9.47 Å². The lowest BCUT2D eigenvalue weighted by molar-refractivity contribution is 0.0474. The number of fused-ring (bicyclic) bond motifs is 1. The van der Waals surface area contributed by atoms with Gasteiger partial charge in [0.05, 0.1) is 5.69 Å². The zero-order valence-corrected chi connectivity index (χ0v) is 17.0. The van der Waals surface area contributed by atoms with Crippen LogP contribution in [0.5, 0.6) is 11.5 Å². The number of rotatable bonds is 5. The van der Waals surface area contributed by atoms with Crippen LogP contribution in [0.25, 0.3) is 0 Å². The Morgan fingerprint density at radius 2 is 1.79 bits per heavy atom. The second-order valence-electron chi connectivity index (χ2n) is 8.35. The van der Waals surface area contributed by atoms with Gasteiger partial charge >= 0.3 is 0 Å². The number of aromatic nitrogens is 1. The Balaban J connectivity index is 1.11. The molecule has 0 aliphatic carbocycles. The van der Waals surface area contributed by atoms with Gasteiger partial charge in [0, 0.05) is 58.1 Å². The molecule has 0 saturated carbocycles. The third-order valence-corrected chi connectivity index (χ3v) is 6.36. The zero-order valence-electron chi connectivity index (χ0n) is 17.0. The largest absolute Gasteiger partial charge is 0.454 e. The van der Waals surface area contributed by atoms with Gasteiger partial charge in [-0.3, -0.25) is 19.7 Å². The number of benzene rings is 1. The quantitative estimate of drug-likeness (QED) is 0.777. The minimum absolute atomic E-state index is 0.343. The van der Waals surface area contributed by atoms with Crippen LogP contribution in [-0.2, 0) is 13.1 Å². The maximum absolute atomic E-state index is 5.52. The fourth-order valence-electron chi connectivity index (χ4n) is 4.78. The van der Waals surface area contributed by atoms with Gasteiger partial charge in [0.2, 0.25) is 6.79 Å². The molecule has 2 saturated heterocycles. The minimum atomic E-state index is 0.343. The number of hydrogen-bond donors (Lipinski definition) is 0. The van der Waals surface area contributed by atoms with E-state index in [2.05, 4.69) is 43.9 Å². The molecule has 1 aromatic heterocycles. The molecule has 6 heteroatoms. The molecule has 2 fully saturated rings. The second-order valence-corrected chi connectivity index (χ2v) is 8.35. The Hall–Kier alpha value is -2.15. The van der Waals surface area contributed by atoms with Gasteiger partial charge in [-0.15, -0.1) is 0 Å². The number of likely N-dealkylation sites (tertiary alicyclic amines) is 1. The molecule has 5 rings (SSSR count). The molecule has 1 atom stereocenters. The molecule has 0 bridgehead atoms. The Kier molecular flexibility index (Phi) is 5.65. The maximum atomic E-state index is 5.52. The second kappa shape index (κ2) is 8.69. The summed E-state index contributed by atoms with van der Waals surface area (Å²) < 4.78 is 10.9. The van der Waals surface area contributed by atoms with Crippen LogP contribution in [0.2, 0.25) is 0 Å². The minimum Gasteiger partial charge on any atom is -0.454 e. The fraction of sp³-hybridized carbons (Fsp3) is 0.522. The number of piperazine rings is 1. The highest BCUT2D eigenvalue weighted by atomic mass is 16.7. The van der Waals surface area contributed by atoms with Gasteiger partial charge in [0.15, 0.2) is 11.5 Å². The normalized spacial score (nSPS) is 23.4. The van der Waals surface area contributed by atoms with E-state index in [0.717, 1.165) is 50.8 Å². The van der Waals surface area contributed by atoms with Crippen molar-refractivity contribution in [1.82, 2.24) is 19.7 Å². The molecule has 2 aromatic rings. The summed E-state index contributed by atoms with van der Waals surface area (Å²) in [4.78, 5) is 12.3.